The summed E-state index contributed by atoms with van der Waals surface area (Å²) in [4.78, 5) is 13.9. The molecule has 0 aliphatic heterocycles. The Morgan fingerprint density at radius 3 is 2.59 bits per heavy atom. The number of aromatic nitrogens is 1. The Kier molecular flexibility index (Phi) is 5.80. The average molecular weight is 426 g/mol. The van der Waals surface area contributed by atoms with Crippen LogP contribution in [0.15, 0.2) is 36.5 Å². The highest BCUT2D eigenvalue weighted by Gasteiger charge is 2.36. The number of hydrogen-bond donors (Lipinski definition) is 2. The number of halogens is 4. The summed E-state index contributed by atoms with van der Waals surface area (Å²) in [5.74, 6) is -1.15. The van der Waals surface area contributed by atoms with E-state index >= 15 is 0 Å². The number of aliphatic carboxylic acids is 1. The van der Waals surface area contributed by atoms with Crippen LogP contribution >= 0.6 is 11.6 Å². The molecule has 0 aliphatic carbocycles. The fraction of sp³-hybridized carbons (Fsp3) is 0.286. The van der Waals surface area contributed by atoms with Gasteiger partial charge in [0.25, 0.3) is 0 Å². The van der Waals surface area contributed by atoms with Crippen LogP contribution in [-0.2, 0) is 17.4 Å². The molecule has 0 saturated heterocycles. The number of ether oxygens (including phenoxy) is 1. The molecule has 8 heteroatoms. The summed E-state index contributed by atoms with van der Waals surface area (Å²) in [6.07, 6.45) is -3.20. The van der Waals surface area contributed by atoms with Crippen molar-refractivity contribution < 1.29 is 27.8 Å². The summed E-state index contributed by atoms with van der Waals surface area (Å²) in [6.45, 7) is 4.04. The largest absolute Gasteiger partial charge is 0.481 e. The van der Waals surface area contributed by atoms with Crippen molar-refractivity contribution in [3.8, 4) is 11.5 Å². The van der Waals surface area contributed by atoms with Crippen LogP contribution in [-0.4, -0.2) is 16.1 Å². The van der Waals surface area contributed by atoms with Crippen molar-refractivity contribution >= 4 is 28.5 Å². The number of aryl methyl sites for hydroxylation is 1. The second-order valence-corrected chi connectivity index (χ2v) is 7.46. The lowest BCUT2D eigenvalue weighted by Gasteiger charge is -2.17. The molecule has 1 heterocycles. The molecule has 2 aromatic carbocycles. The molecule has 2 N–H and O–H groups in total. The highest BCUT2D eigenvalue weighted by atomic mass is 35.5. The summed E-state index contributed by atoms with van der Waals surface area (Å²) in [6, 6.07) is 7.18. The number of fused-ring (bicyclic) bond motifs is 1. The number of aromatic amines is 1. The molecular formula is C21H19ClF3NO3. The maximum atomic E-state index is 13.6. The first-order valence-corrected chi connectivity index (χ1v) is 9.34. The molecule has 0 saturated carbocycles. The topological polar surface area (TPSA) is 62.3 Å². The van der Waals surface area contributed by atoms with Crippen molar-refractivity contribution in [2.24, 2.45) is 0 Å². The third kappa shape index (κ3) is 4.67. The SMILES string of the molecule is CC(C)c1c[nH]c2ccc(Oc3c(Cl)cc(CCC(=O)O)cc3C(F)(F)F)cc12. The van der Waals surface area contributed by atoms with Gasteiger partial charge in [-0.05, 0) is 53.8 Å². The van der Waals surface area contributed by atoms with Crippen LogP contribution in [0.4, 0.5) is 13.2 Å². The number of alkyl halides is 3. The molecule has 0 unspecified atom stereocenters. The fourth-order valence-electron chi connectivity index (χ4n) is 3.14. The first-order chi connectivity index (χ1) is 13.6. The fourth-order valence-corrected chi connectivity index (χ4v) is 3.42. The van der Waals surface area contributed by atoms with Crippen molar-refractivity contribution in [3.05, 3.63) is 58.2 Å². The van der Waals surface area contributed by atoms with Gasteiger partial charge in [-0.2, -0.15) is 13.2 Å². The van der Waals surface area contributed by atoms with Crippen LogP contribution in [0.3, 0.4) is 0 Å². The lowest BCUT2D eigenvalue weighted by molar-refractivity contribution is -0.138. The second kappa shape index (κ2) is 7.99. The number of nitrogens with one attached hydrogen (secondary N) is 1. The number of hydrogen-bond acceptors (Lipinski definition) is 2. The van der Waals surface area contributed by atoms with E-state index in [2.05, 4.69) is 4.98 Å². The van der Waals surface area contributed by atoms with Crippen LogP contribution in [0.5, 0.6) is 11.5 Å². The summed E-state index contributed by atoms with van der Waals surface area (Å²) >= 11 is 6.11. The van der Waals surface area contributed by atoms with Crippen molar-refractivity contribution in [2.45, 2.75) is 38.8 Å². The molecule has 0 radical (unpaired) electrons. The summed E-state index contributed by atoms with van der Waals surface area (Å²) in [5.41, 5.74) is 1.02. The number of H-pyrrole nitrogens is 1. The van der Waals surface area contributed by atoms with Gasteiger partial charge in [-0.3, -0.25) is 4.79 Å². The van der Waals surface area contributed by atoms with Gasteiger partial charge in [0, 0.05) is 23.5 Å². The van der Waals surface area contributed by atoms with Gasteiger partial charge in [-0.15, -0.1) is 0 Å². The quantitative estimate of drug-likeness (QED) is 0.458. The summed E-state index contributed by atoms with van der Waals surface area (Å²) in [5, 5.41) is 9.41. The number of carbonyl (C=O) groups is 1. The van der Waals surface area contributed by atoms with Crippen molar-refractivity contribution in [2.75, 3.05) is 0 Å². The number of rotatable bonds is 6. The van der Waals surface area contributed by atoms with E-state index in [1.165, 1.54) is 6.07 Å². The monoisotopic (exact) mass is 425 g/mol. The van der Waals surface area contributed by atoms with Crippen molar-refractivity contribution in [1.29, 1.82) is 0 Å². The van der Waals surface area contributed by atoms with Crippen LogP contribution in [0, 0.1) is 0 Å². The first-order valence-electron chi connectivity index (χ1n) is 8.96. The van der Waals surface area contributed by atoms with E-state index in [0.717, 1.165) is 22.5 Å². The minimum atomic E-state index is -4.71. The van der Waals surface area contributed by atoms with Crippen LogP contribution in [0.1, 0.15) is 42.9 Å². The van der Waals surface area contributed by atoms with E-state index in [1.807, 2.05) is 20.0 Å². The van der Waals surface area contributed by atoms with E-state index in [0.29, 0.717) is 0 Å². The third-order valence-electron chi connectivity index (χ3n) is 4.56. The maximum Gasteiger partial charge on any atom is 0.420 e. The molecule has 0 atom stereocenters. The zero-order valence-corrected chi connectivity index (χ0v) is 16.5. The molecule has 0 fully saturated rings. The van der Waals surface area contributed by atoms with Gasteiger partial charge in [-0.25, -0.2) is 0 Å². The Bertz CT molecular complexity index is 1060. The molecule has 3 aromatic rings. The summed E-state index contributed by atoms with van der Waals surface area (Å²) in [7, 11) is 0. The molecule has 0 spiro atoms. The Hall–Kier alpha value is -2.67. The van der Waals surface area contributed by atoms with Gasteiger partial charge in [0.15, 0.2) is 5.75 Å². The zero-order valence-electron chi connectivity index (χ0n) is 15.7. The zero-order chi connectivity index (χ0) is 21.3. The van der Waals surface area contributed by atoms with Gasteiger partial charge < -0.3 is 14.8 Å². The Morgan fingerprint density at radius 1 is 1.24 bits per heavy atom. The molecule has 0 amide bonds. The maximum absolute atomic E-state index is 13.6. The Balaban J connectivity index is 2.02. The van der Waals surface area contributed by atoms with Gasteiger partial charge >= 0.3 is 12.1 Å². The minimum absolute atomic E-state index is 0.0640. The third-order valence-corrected chi connectivity index (χ3v) is 4.84. The van der Waals surface area contributed by atoms with Gasteiger partial charge in [-0.1, -0.05) is 25.4 Å². The average Bonchev–Trinajstić information content (AvgIpc) is 3.04. The molecule has 154 valence electrons. The van der Waals surface area contributed by atoms with E-state index in [-0.39, 0.29) is 35.1 Å². The lowest BCUT2D eigenvalue weighted by atomic mass is 10.0. The second-order valence-electron chi connectivity index (χ2n) is 7.05. The van der Waals surface area contributed by atoms with Crippen LogP contribution < -0.4 is 4.74 Å². The van der Waals surface area contributed by atoms with Crippen molar-refractivity contribution in [1.82, 2.24) is 4.98 Å². The molecule has 29 heavy (non-hydrogen) atoms. The van der Waals surface area contributed by atoms with Crippen LogP contribution in [0.25, 0.3) is 10.9 Å². The van der Waals surface area contributed by atoms with Gasteiger partial charge in [0.05, 0.1) is 10.6 Å². The normalized spacial score (nSPS) is 12.0. The molecule has 0 aliphatic rings. The first kappa shape index (κ1) is 21.0. The van der Waals surface area contributed by atoms with E-state index < -0.39 is 23.5 Å². The highest BCUT2D eigenvalue weighted by molar-refractivity contribution is 6.32. The van der Waals surface area contributed by atoms with Crippen LogP contribution in [0.2, 0.25) is 5.02 Å². The summed E-state index contributed by atoms with van der Waals surface area (Å²) < 4.78 is 46.4. The highest BCUT2D eigenvalue weighted by Crippen LogP contribution is 2.43. The minimum Gasteiger partial charge on any atom is -0.481 e. The Morgan fingerprint density at radius 2 is 1.97 bits per heavy atom. The number of carboxylic acid groups (broad SMARTS) is 1. The van der Waals surface area contributed by atoms with Crippen molar-refractivity contribution in [3.63, 3.8) is 0 Å². The van der Waals surface area contributed by atoms with Gasteiger partial charge in [0.1, 0.15) is 5.75 Å². The number of carboxylic acids is 1. The van der Waals surface area contributed by atoms with E-state index in [1.54, 1.807) is 18.2 Å². The van der Waals surface area contributed by atoms with E-state index in [9.17, 15) is 18.0 Å². The molecular weight excluding hydrogens is 407 g/mol. The number of benzene rings is 2. The molecule has 3 rings (SSSR count). The molecule has 4 nitrogen and oxygen atoms in total. The van der Waals surface area contributed by atoms with E-state index in [4.69, 9.17) is 21.4 Å². The lowest BCUT2D eigenvalue weighted by Crippen LogP contribution is -2.09. The molecule has 1 aromatic heterocycles. The smallest absolute Gasteiger partial charge is 0.420 e. The predicted octanol–water partition coefficient (Wildman–Crippen LogP) is 6.77. The Labute approximate surface area is 170 Å². The molecule has 0 bridgehead atoms. The van der Waals surface area contributed by atoms with Gasteiger partial charge in [0.2, 0.25) is 0 Å². The predicted molar refractivity (Wildman–Crippen MR) is 105 cm³/mol. The standard InChI is InChI=1S/C21H19ClF3NO3/c1-11(2)15-10-26-18-5-4-13(9-14(15)18)29-20-16(21(23,24)25)7-12(8-17(20)22)3-6-19(27)28/h4-5,7-11,26H,3,6H2,1-2H3,(H,27,28).